The van der Waals surface area contributed by atoms with Crippen LogP contribution >= 0.6 is 0 Å². The zero-order valence-electron chi connectivity index (χ0n) is 16.8. The maximum atomic E-state index is 12.5. The molecule has 2 saturated carbocycles. The predicted octanol–water partition coefficient (Wildman–Crippen LogP) is 5.35. The van der Waals surface area contributed by atoms with E-state index in [2.05, 4.69) is 39.8 Å². The zero-order valence-corrected chi connectivity index (χ0v) is 16.8. The lowest BCUT2D eigenvalue weighted by molar-refractivity contribution is -0.248. The lowest BCUT2D eigenvalue weighted by atomic mass is 9.68. The van der Waals surface area contributed by atoms with Crippen molar-refractivity contribution in [3.8, 4) is 0 Å². The summed E-state index contributed by atoms with van der Waals surface area (Å²) in [6.07, 6.45) is 14.9. The van der Waals surface area contributed by atoms with E-state index in [0.717, 1.165) is 24.8 Å². The lowest BCUT2D eigenvalue weighted by Crippen LogP contribution is -2.49. The number of carbonyl (C=O) groups excluding carboxylic acids is 1. The summed E-state index contributed by atoms with van der Waals surface area (Å²) in [5.41, 5.74) is 1.20. The van der Waals surface area contributed by atoms with Crippen LogP contribution in [0.4, 0.5) is 0 Å². The second kappa shape index (κ2) is 6.31. The molecule has 4 aliphatic rings. The molecule has 0 radical (unpaired) electrons. The highest BCUT2D eigenvalue weighted by Crippen LogP contribution is 2.72. The molecule has 1 saturated heterocycles. The molecule has 1 spiro atoms. The van der Waals surface area contributed by atoms with Gasteiger partial charge in [0.15, 0.2) is 17.7 Å². The molecule has 3 nitrogen and oxygen atoms in total. The smallest absolute Gasteiger partial charge is 0.187 e. The van der Waals surface area contributed by atoms with E-state index >= 15 is 0 Å². The van der Waals surface area contributed by atoms with Crippen LogP contribution in [-0.2, 0) is 14.3 Å². The van der Waals surface area contributed by atoms with Crippen LogP contribution < -0.4 is 0 Å². The fourth-order valence-corrected chi connectivity index (χ4v) is 5.93. The molecule has 0 aromatic heterocycles. The van der Waals surface area contributed by atoms with E-state index in [1.54, 1.807) is 6.08 Å². The van der Waals surface area contributed by atoms with Crippen molar-refractivity contribution < 1.29 is 14.3 Å². The van der Waals surface area contributed by atoms with Crippen molar-refractivity contribution in [2.45, 2.75) is 97.1 Å². The molecule has 144 valence electrons. The minimum absolute atomic E-state index is 0.00966. The summed E-state index contributed by atoms with van der Waals surface area (Å²) in [5, 5.41) is 0. The fraction of sp³-hybridized carbons (Fsp3) is 0.783. The monoisotopic (exact) mass is 358 g/mol. The van der Waals surface area contributed by atoms with Gasteiger partial charge in [0.1, 0.15) is 6.10 Å². The third kappa shape index (κ3) is 2.43. The minimum atomic E-state index is -0.571. The molecule has 3 aliphatic carbocycles. The minimum Gasteiger partial charge on any atom is -0.338 e. The van der Waals surface area contributed by atoms with Crippen LogP contribution in [0.5, 0.6) is 0 Å². The van der Waals surface area contributed by atoms with Crippen LogP contribution in [0.3, 0.4) is 0 Å². The van der Waals surface area contributed by atoms with Crippen LogP contribution in [0, 0.1) is 16.7 Å². The molecule has 0 amide bonds. The van der Waals surface area contributed by atoms with Gasteiger partial charge in [0.25, 0.3) is 0 Å². The van der Waals surface area contributed by atoms with Crippen LogP contribution in [0.1, 0.15) is 79.1 Å². The fourth-order valence-electron chi connectivity index (χ4n) is 5.93. The zero-order chi connectivity index (χ0) is 18.6. The maximum absolute atomic E-state index is 12.5. The molecule has 3 fully saturated rings. The molecule has 2 bridgehead atoms. The van der Waals surface area contributed by atoms with Gasteiger partial charge in [0, 0.05) is 11.8 Å². The van der Waals surface area contributed by atoms with Crippen LogP contribution in [0.2, 0.25) is 0 Å². The number of unbranched alkanes of at least 4 members (excludes halogenated alkanes) is 4. The summed E-state index contributed by atoms with van der Waals surface area (Å²) in [7, 11) is 0. The molecule has 5 atom stereocenters. The molecule has 1 aliphatic heterocycles. The topological polar surface area (TPSA) is 35.5 Å². The predicted molar refractivity (Wildman–Crippen MR) is 103 cm³/mol. The Morgan fingerprint density at radius 2 is 1.92 bits per heavy atom. The first kappa shape index (κ1) is 18.4. The number of hydrogen-bond donors (Lipinski definition) is 0. The highest BCUT2D eigenvalue weighted by atomic mass is 16.8. The van der Waals surface area contributed by atoms with Crippen molar-refractivity contribution in [2.24, 2.45) is 16.7 Å². The van der Waals surface area contributed by atoms with Gasteiger partial charge in [-0.3, -0.25) is 4.79 Å². The van der Waals surface area contributed by atoms with Gasteiger partial charge in [-0.25, -0.2) is 0 Å². The van der Waals surface area contributed by atoms with Crippen molar-refractivity contribution in [3.63, 3.8) is 0 Å². The molecule has 4 rings (SSSR count). The summed E-state index contributed by atoms with van der Waals surface area (Å²) in [6, 6.07) is 0. The number of fused-ring (bicyclic) bond motifs is 4. The van der Waals surface area contributed by atoms with E-state index in [1.807, 2.05) is 0 Å². The van der Waals surface area contributed by atoms with Gasteiger partial charge >= 0.3 is 0 Å². The third-order valence-electron chi connectivity index (χ3n) is 8.15. The average Bonchev–Trinajstić information content (AvgIpc) is 3.22. The Hall–Kier alpha value is -0.930. The Morgan fingerprint density at radius 3 is 2.58 bits per heavy atom. The molecule has 1 heterocycles. The Bertz CT molecular complexity index is 646. The molecule has 3 heteroatoms. The normalized spacial score (nSPS) is 43.0. The van der Waals surface area contributed by atoms with E-state index < -0.39 is 11.9 Å². The van der Waals surface area contributed by atoms with Crippen LogP contribution in [-0.4, -0.2) is 23.8 Å². The van der Waals surface area contributed by atoms with Crippen molar-refractivity contribution in [1.82, 2.24) is 0 Å². The first-order chi connectivity index (χ1) is 12.3. The molecule has 0 unspecified atom stereocenters. The Balaban J connectivity index is 1.47. The quantitative estimate of drug-likeness (QED) is 0.601. The Morgan fingerprint density at radius 1 is 1.15 bits per heavy atom. The largest absolute Gasteiger partial charge is 0.338 e. The molecule has 26 heavy (non-hydrogen) atoms. The standard InChI is InChI=1S/C23H34O3/c1-5-6-7-8-9-10-11-16-14-18(24)20-19(16)25-23(26-20)15-17-12-13-22(23,4)21(17,2)3/h10-11,14,17,19-20H,5-9,12-13,15H2,1-4H3/b11-10+/t17-,19+,20-,22-,23+/m1/s1. The van der Waals surface area contributed by atoms with Gasteiger partial charge in [-0.2, -0.15) is 0 Å². The number of hydrogen-bond acceptors (Lipinski definition) is 3. The molecular formula is C23H34O3. The van der Waals surface area contributed by atoms with Gasteiger partial charge in [0.2, 0.25) is 0 Å². The van der Waals surface area contributed by atoms with Gasteiger partial charge in [-0.1, -0.05) is 59.1 Å². The molecule has 0 aromatic rings. The highest BCUT2D eigenvalue weighted by Gasteiger charge is 2.74. The van der Waals surface area contributed by atoms with Gasteiger partial charge in [-0.15, -0.1) is 0 Å². The number of ether oxygens (including phenoxy) is 2. The summed E-state index contributed by atoms with van der Waals surface area (Å²) in [6.45, 7) is 9.26. The van der Waals surface area contributed by atoms with Crippen molar-refractivity contribution in [2.75, 3.05) is 0 Å². The van der Waals surface area contributed by atoms with E-state index in [9.17, 15) is 4.79 Å². The first-order valence-corrected chi connectivity index (χ1v) is 10.6. The summed E-state index contributed by atoms with van der Waals surface area (Å²) in [4.78, 5) is 12.5. The summed E-state index contributed by atoms with van der Waals surface area (Å²) < 4.78 is 13.1. The van der Waals surface area contributed by atoms with E-state index in [1.165, 1.54) is 32.1 Å². The first-order valence-electron chi connectivity index (χ1n) is 10.6. The summed E-state index contributed by atoms with van der Waals surface area (Å²) >= 11 is 0. The molecule has 0 aromatic carbocycles. The summed E-state index contributed by atoms with van der Waals surface area (Å²) in [5.74, 6) is 0.142. The second-order valence-electron chi connectivity index (χ2n) is 9.62. The van der Waals surface area contributed by atoms with E-state index in [-0.39, 0.29) is 22.7 Å². The van der Waals surface area contributed by atoms with Crippen LogP contribution in [0.15, 0.2) is 23.8 Å². The lowest BCUT2D eigenvalue weighted by Gasteiger charge is -2.45. The van der Waals surface area contributed by atoms with Gasteiger partial charge in [0.05, 0.1) is 0 Å². The number of carbonyl (C=O) groups is 1. The van der Waals surface area contributed by atoms with Crippen molar-refractivity contribution >= 4 is 5.78 Å². The van der Waals surface area contributed by atoms with Crippen molar-refractivity contribution in [1.29, 1.82) is 0 Å². The number of allylic oxidation sites excluding steroid dienone is 1. The SMILES string of the molecule is CCCCCC/C=C/C1=CC(=O)[C@H]2O[C@]3(C[C@H]4CC[C@]3(C)C4(C)C)O[C@@H]12. The Kier molecular flexibility index (Phi) is 4.47. The maximum Gasteiger partial charge on any atom is 0.187 e. The average molecular weight is 359 g/mol. The third-order valence-corrected chi connectivity index (χ3v) is 8.15. The molecule has 0 N–H and O–H groups in total. The van der Waals surface area contributed by atoms with Gasteiger partial charge < -0.3 is 9.47 Å². The van der Waals surface area contributed by atoms with E-state index in [4.69, 9.17) is 9.47 Å². The van der Waals surface area contributed by atoms with E-state index in [0.29, 0.717) is 5.92 Å². The van der Waals surface area contributed by atoms with Gasteiger partial charge in [-0.05, 0) is 48.7 Å². The second-order valence-corrected chi connectivity index (χ2v) is 9.62. The van der Waals surface area contributed by atoms with Crippen LogP contribution in [0.25, 0.3) is 0 Å². The highest BCUT2D eigenvalue weighted by molar-refractivity contribution is 5.99. The molecular weight excluding hydrogens is 324 g/mol. The van der Waals surface area contributed by atoms with Crippen molar-refractivity contribution in [3.05, 3.63) is 23.8 Å². The Labute approximate surface area is 158 Å². The number of ketones is 1. The number of rotatable bonds is 6.